The maximum atomic E-state index is 12.8. The van der Waals surface area contributed by atoms with Gasteiger partial charge in [0.25, 0.3) is 0 Å². The van der Waals surface area contributed by atoms with Crippen molar-refractivity contribution in [3.8, 4) is 0 Å². The molecular weight excluding hydrogens is 781 g/mol. The zero-order valence-electron chi connectivity index (χ0n) is 40.8. The van der Waals surface area contributed by atoms with Gasteiger partial charge in [0, 0.05) is 19.3 Å². The van der Waals surface area contributed by atoms with Crippen molar-refractivity contribution in [3.63, 3.8) is 0 Å². The summed E-state index contributed by atoms with van der Waals surface area (Å²) < 4.78 is 16.7. The van der Waals surface area contributed by atoms with Crippen LogP contribution in [0.3, 0.4) is 0 Å². The second-order valence-electron chi connectivity index (χ2n) is 16.7. The Morgan fingerprint density at radius 1 is 0.333 bits per heavy atom. The molecule has 0 aromatic rings. The van der Waals surface area contributed by atoms with Crippen LogP contribution in [0.25, 0.3) is 0 Å². The van der Waals surface area contributed by atoms with Gasteiger partial charge in [-0.05, 0) is 96.3 Å². The van der Waals surface area contributed by atoms with Crippen molar-refractivity contribution in [2.75, 3.05) is 13.2 Å². The number of ether oxygens (including phenoxy) is 3. The lowest BCUT2D eigenvalue weighted by molar-refractivity contribution is -0.167. The minimum atomic E-state index is -0.801. The molecule has 0 aliphatic rings. The van der Waals surface area contributed by atoms with Crippen molar-refractivity contribution in [2.45, 2.75) is 232 Å². The van der Waals surface area contributed by atoms with E-state index in [2.05, 4.69) is 118 Å². The normalized spacial score (nSPS) is 12.9. The molecule has 0 spiro atoms. The van der Waals surface area contributed by atoms with Crippen LogP contribution >= 0.6 is 0 Å². The smallest absolute Gasteiger partial charge is 0.306 e. The van der Waals surface area contributed by atoms with Gasteiger partial charge in [0.2, 0.25) is 0 Å². The predicted molar refractivity (Wildman–Crippen MR) is 270 cm³/mol. The van der Waals surface area contributed by atoms with Gasteiger partial charge < -0.3 is 14.2 Å². The van der Waals surface area contributed by atoms with Crippen LogP contribution in [0, 0.1) is 0 Å². The zero-order chi connectivity index (χ0) is 45.8. The van der Waals surface area contributed by atoms with Crippen LogP contribution in [-0.4, -0.2) is 37.2 Å². The van der Waals surface area contributed by atoms with Gasteiger partial charge in [-0.1, -0.05) is 208 Å². The molecule has 6 heteroatoms. The average molecular weight is 875 g/mol. The van der Waals surface area contributed by atoms with E-state index in [1.807, 2.05) is 0 Å². The first-order valence-corrected chi connectivity index (χ1v) is 25.7. The van der Waals surface area contributed by atoms with Crippen molar-refractivity contribution >= 4 is 17.9 Å². The summed E-state index contributed by atoms with van der Waals surface area (Å²) in [5.74, 6) is -0.961. The van der Waals surface area contributed by atoms with Crippen LogP contribution < -0.4 is 0 Å². The number of carbonyl (C=O) groups excluding carboxylic acids is 3. The minimum absolute atomic E-state index is 0.0967. The lowest BCUT2D eigenvalue weighted by atomic mass is 10.1. The lowest BCUT2D eigenvalue weighted by Crippen LogP contribution is -2.30. The first kappa shape index (κ1) is 59.3. The molecule has 0 aromatic carbocycles. The maximum absolute atomic E-state index is 12.8. The fourth-order valence-electron chi connectivity index (χ4n) is 6.72. The van der Waals surface area contributed by atoms with Gasteiger partial charge in [0.1, 0.15) is 13.2 Å². The summed E-state index contributed by atoms with van der Waals surface area (Å²) in [4.78, 5) is 37.9. The summed E-state index contributed by atoms with van der Waals surface area (Å²) in [5, 5.41) is 0. The minimum Gasteiger partial charge on any atom is -0.462 e. The molecular formula is C57H94O6. The van der Waals surface area contributed by atoms with Gasteiger partial charge in [-0.25, -0.2) is 0 Å². The molecule has 0 aliphatic carbocycles. The molecule has 1 atom stereocenters. The van der Waals surface area contributed by atoms with Crippen molar-refractivity contribution in [2.24, 2.45) is 0 Å². The Bertz CT molecular complexity index is 1280. The standard InChI is InChI=1S/C57H94O6/c1-4-7-10-13-16-19-22-24-25-26-27-28-29-30-31-33-35-38-41-44-47-50-56(59)62-53-54(52-61-55(58)49-46-43-40-37-34-21-18-15-12-9-6-3)63-57(60)51-48-45-42-39-36-32-23-20-17-14-11-8-5-2/h7,10-11,14,16,19-20,23-25,27-28,30-31,35,38,54H,4-6,8-9,12-13,15,17-18,21-22,26,29,32-34,36-37,39-53H2,1-3H3/b10-7-,14-11-,19-16-,23-20-,25-24-,28-27-,31-30-,38-35-. The monoisotopic (exact) mass is 875 g/mol. The van der Waals surface area contributed by atoms with Crippen LogP contribution in [0.2, 0.25) is 0 Å². The number of rotatable bonds is 45. The molecule has 1 unspecified atom stereocenters. The molecule has 63 heavy (non-hydrogen) atoms. The fraction of sp³-hybridized carbons (Fsp3) is 0.667. The summed E-state index contributed by atoms with van der Waals surface area (Å²) in [5.41, 5.74) is 0. The molecule has 0 saturated carbocycles. The third-order valence-corrected chi connectivity index (χ3v) is 10.6. The molecule has 0 N–H and O–H groups in total. The van der Waals surface area contributed by atoms with E-state index in [4.69, 9.17) is 14.2 Å². The highest BCUT2D eigenvalue weighted by Gasteiger charge is 2.19. The van der Waals surface area contributed by atoms with Crippen LogP contribution in [0.4, 0.5) is 0 Å². The Morgan fingerprint density at radius 2 is 0.651 bits per heavy atom. The number of hydrogen-bond donors (Lipinski definition) is 0. The highest BCUT2D eigenvalue weighted by atomic mass is 16.6. The lowest BCUT2D eigenvalue weighted by Gasteiger charge is -2.18. The van der Waals surface area contributed by atoms with E-state index in [-0.39, 0.29) is 31.1 Å². The second kappa shape index (κ2) is 51.0. The molecule has 6 nitrogen and oxygen atoms in total. The largest absolute Gasteiger partial charge is 0.462 e. The van der Waals surface area contributed by atoms with E-state index in [1.54, 1.807) is 0 Å². The Hall–Kier alpha value is -3.67. The Kier molecular flexibility index (Phi) is 48.0. The number of carbonyl (C=O) groups is 3. The van der Waals surface area contributed by atoms with E-state index < -0.39 is 6.10 Å². The topological polar surface area (TPSA) is 78.9 Å². The third-order valence-electron chi connectivity index (χ3n) is 10.6. The molecule has 0 fully saturated rings. The molecule has 0 rings (SSSR count). The maximum Gasteiger partial charge on any atom is 0.306 e. The van der Waals surface area contributed by atoms with Gasteiger partial charge in [-0.2, -0.15) is 0 Å². The highest BCUT2D eigenvalue weighted by Crippen LogP contribution is 2.14. The van der Waals surface area contributed by atoms with Crippen LogP contribution in [0.5, 0.6) is 0 Å². The first-order chi connectivity index (χ1) is 31.0. The summed E-state index contributed by atoms with van der Waals surface area (Å²) in [7, 11) is 0. The number of unbranched alkanes of at least 4 members (excludes halogenated alkanes) is 18. The molecule has 0 saturated heterocycles. The zero-order valence-corrected chi connectivity index (χ0v) is 40.8. The summed E-state index contributed by atoms with van der Waals surface area (Å²) >= 11 is 0. The summed E-state index contributed by atoms with van der Waals surface area (Å²) in [6.07, 6.45) is 66.8. The second-order valence-corrected chi connectivity index (χ2v) is 16.7. The molecule has 0 aromatic heterocycles. The third kappa shape index (κ3) is 49.2. The molecule has 358 valence electrons. The Balaban J connectivity index is 4.45. The molecule has 0 heterocycles. The predicted octanol–water partition coefficient (Wildman–Crippen LogP) is 17.0. The van der Waals surface area contributed by atoms with Gasteiger partial charge in [-0.3, -0.25) is 14.4 Å². The summed E-state index contributed by atoms with van der Waals surface area (Å²) in [6.45, 7) is 6.39. The van der Waals surface area contributed by atoms with Crippen LogP contribution in [0.15, 0.2) is 97.2 Å². The molecule has 0 aliphatic heterocycles. The van der Waals surface area contributed by atoms with E-state index >= 15 is 0 Å². The SMILES string of the molecule is CC/C=C\C/C=C\C/C=C\C/C=C\C/C=C\C/C=C\CCCCC(=O)OCC(COC(=O)CCCCCCCCCCCCC)OC(=O)CCCCCCC/C=C\C/C=C\CCC. The van der Waals surface area contributed by atoms with E-state index in [1.165, 1.54) is 57.8 Å². The van der Waals surface area contributed by atoms with Gasteiger partial charge >= 0.3 is 17.9 Å². The molecule has 0 amide bonds. The van der Waals surface area contributed by atoms with Crippen molar-refractivity contribution in [3.05, 3.63) is 97.2 Å². The van der Waals surface area contributed by atoms with E-state index in [9.17, 15) is 14.4 Å². The van der Waals surface area contributed by atoms with E-state index in [0.29, 0.717) is 19.3 Å². The highest BCUT2D eigenvalue weighted by molar-refractivity contribution is 5.71. The Morgan fingerprint density at radius 3 is 1.06 bits per heavy atom. The summed E-state index contributed by atoms with van der Waals surface area (Å²) in [6, 6.07) is 0. The number of allylic oxidation sites excluding steroid dienone is 16. The molecule has 0 radical (unpaired) electrons. The number of hydrogen-bond acceptors (Lipinski definition) is 6. The first-order valence-electron chi connectivity index (χ1n) is 25.7. The van der Waals surface area contributed by atoms with Gasteiger partial charge in [0.15, 0.2) is 6.10 Å². The van der Waals surface area contributed by atoms with Crippen molar-refractivity contribution < 1.29 is 28.6 Å². The number of esters is 3. The quantitative estimate of drug-likeness (QED) is 0.0262. The molecule has 0 bridgehead atoms. The van der Waals surface area contributed by atoms with Crippen molar-refractivity contribution in [1.29, 1.82) is 0 Å². The van der Waals surface area contributed by atoms with E-state index in [0.717, 1.165) is 128 Å². The average Bonchev–Trinajstić information content (AvgIpc) is 3.28. The fourth-order valence-corrected chi connectivity index (χ4v) is 6.72. The van der Waals surface area contributed by atoms with Crippen LogP contribution in [-0.2, 0) is 28.6 Å². The Labute approximate surface area is 387 Å². The van der Waals surface area contributed by atoms with Crippen LogP contribution in [0.1, 0.15) is 226 Å². The van der Waals surface area contributed by atoms with Gasteiger partial charge in [-0.15, -0.1) is 0 Å². The van der Waals surface area contributed by atoms with Crippen molar-refractivity contribution in [1.82, 2.24) is 0 Å². The van der Waals surface area contributed by atoms with Gasteiger partial charge in [0.05, 0.1) is 0 Å².